The second-order valence-electron chi connectivity index (χ2n) is 3.25. The zero-order chi connectivity index (χ0) is 10.4. The van der Waals surface area contributed by atoms with Gasteiger partial charge in [-0.15, -0.1) is 6.58 Å². The first-order valence-electron chi connectivity index (χ1n) is 4.75. The Balaban J connectivity index is 2.47. The van der Waals surface area contributed by atoms with Crippen LogP contribution in [0, 0.1) is 0 Å². The van der Waals surface area contributed by atoms with Crippen molar-refractivity contribution in [2.45, 2.75) is 19.5 Å². The lowest BCUT2D eigenvalue weighted by atomic mass is 10.2. The summed E-state index contributed by atoms with van der Waals surface area (Å²) in [4.78, 5) is 0. The number of hydrogen-bond acceptors (Lipinski definition) is 2. The molecule has 1 rings (SSSR count). The summed E-state index contributed by atoms with van der Waals surface area (Å²) in [7, 11) is 1.67. The third-order valence-electron chi connectivity index (χ3n) is 2.14. The van der Waals surface area contributed by atoms with Gasteiger partial charge in [0.1, 0.15) is 5.75 Å². The lowest BCUT2D eigenvalue weighted by Crippen LogP contribution is -2.22. The highest BCUT2D eigenvalue weighted by molar-refractivity contribution is 5.27. The third kappa shape index (κ3) is 3.23. The fraction of sp³-hybridized carbons (Fsp3) is 0.333. The summed E-state index contributed by atoms with van der Waals surface area (Å²) in [5.74, 6) is 0.894. The second-order valence-corrected chi connectivity index (χ2v) is 3.25. The molecular formula is C12H17NO. The summed E-state index contributed by atoms with van der Waals surface area (Å²) in [5, 5.41) is 3.33. The van der Waals surface area contributed by atoms with E-state index in [-0.39, 0.29) is 0 Å². The second kappa shape index (κ2) is 5.45. The predicted octanol–water partition coefficient (Wildman–Crippen LogP) is 2.36. The van der Waals surface area contributed by atoms with Gasteiger partial charge in [-0.2, -0.15) is 0 Å². The summed E-state index contributed by atoms with van der Waals surface area (Å²) in [6, 6.07) is 8.39. The molecule has 0 aliphatic carbocycles. The highest BCUT2D eigenvalue weighted by Gasteiger charge is 1.96. The van der Waals surface area contributed by atoms with Crippen LogP contribution in [0.15, 0.2) is 36.9 Å². The molecule has 0 fully saturated rings. The Morgan fingerprint density at radius 1 is 1.43 bits per heavy atom. The molecule has 0 bridgehead atoms. The number of ether oxygens (including phenoxy) is 1. The average molecular weight is 191 g/mol. The van der Waals surface area contributed by atoms with Crippen LogP contribution in [-0.2, 0) is 6.54 Å². The van der Waals surface area contributed by atoms with E-state index in [1.165, 1.54) is 5.56 Å². The third-order valence-corrected chi connectivity index (χ3v) is 2.14. The van der Waals surface area contributed by atoms with Gasteiger partial charge in [0.2, 0.25) is 0 Å². The summed E-state index contributed by atoms with van der Waals surface area (Å²) in [6.07, 6.45) is 1.89. The molecule has 1 atom stereocenters. The largest absolute Gasteiger partial charge is 0.497 e. The van der Waals surface area contributed by atoms with Crippen molar-refractivity contribution < 1.29 is 4.74 Å². The van der Waals surface area contributed by atoms with Crippen LogP contribution in [-0.4, -0.2) is 13.2 Å². The van der Waals surface area contributed by atoms with E-state index in [2.05, 4.69) is 31.0 Å². The molecule has 0 saturated carbocycles. The molecule has 1 N–H and O–H groups in total. The van der Waals surface area contributed by atoms with E-state index >= 15 is 0 Å². The van der Waals surface area contributed by atoms with E-state index in [9.17, 15) is 0 Å². The first-order valence-corrected chi connectivity index (χ1v) is 4.75. The molecule has 0 aliphatic rings. The summed E-state index contributed by atoms with van der Waals surface area (Å²) in [6.45, 7) is 6.66. The first kappa shape index (κ1) is 10.8. The highest BCUT2D eigenvalue weighted by Crippen LogP contribution is 2.10. The fourth-order valence-corrected chi connectivity index (χ4v) is 1.11. The normalized spacial score (nSPS) is 12.1. The minimum Gasteiger partial charge on any atom is -0.497 e. The van der Waals surface area contributed by atoms with Crippen LogP contribution in [0.5, 0.6) is 5.75 Å². The van der Waals surface area contributed by atoms with Crippen molar-refractivity contribution in [2.24, 2.45) is 0 Å². The van der Waals surface area contributed by atoms with E-state index in [0.717, 1.165) is 12.3 Å². The van der Waals surface area contributed by atoms with Crippen molar-refractivity contribution in [3.05, 3.63) is 42.5 Å². The van der Waals surface area contributed by atoms with Gasteiger partial charge in [-0.3, -0.25) is 0 Å². The molecular weight excluding hydrogens is 174 g/mol. The number of hydrogen-bond donors (Lipinski definition) is 1. The predicted molar refractivity (Wildman–Crippen MR) is 59.5 cm³/mol. The van der Waals surface area contributed by atoms with Crippen LogP contribution >= 0.6 is 0 Å². The van der Waals surface area contributed by atoms with Crippen molar-refractivity contribution in [1.29, 1.82) is 0 Å². The molecule has 14 heavy (non-hydrogen) atoms. The Kier molecular flexibility index (Phi) is 4.20. The van der Waals surface area contributed by atoms with Crippen molar-refractivity contribution in [1.82, 2.24) is 5.32 Å². The SMILES string of the molecule is C=CC(C)NCc1ccc(OC)cc1. The Morgan fingerprint density at radius 2 is 2.07 bits per heavy atom. The van der Waals surface area contributed by atoms with Gasteiger partial charge in [0.15, 0.2) is 0 Å². The van der Waals surface area contributed by atoms with Gasteiger partial charge in [-0.05, 0) is 24.6 Å². The van der Waals surface area contributed by atoms with E-state index < -0.39 is 0 Å². The summed E-state index contributed by atoms with van der Waals surface area (Å²) >= 11 is 0. The Bertz CT molecular complexity index is 279. The van der Waals surface area contributed by atoms with E-state index in [1.807, 2.05) is 18.2 Å². The Labute approximate surface area is 85.6 Å². The van der Waals surface area contributed by atoms with Crippen LogP contribution in [0.2, 0.25) is 0 Å². The van der Waals surface area contributed by atoms with Crippen molar-refractivity contribution in [3.8, 4) is 5.75 Å². The molecule has 0 aromatic heterocycles. The van der Waals surface area contributed by atoms with E-state index in [4.69, 9.17) is 4.74 Å². The monoisotopic (exact) mass is 191 g/mol. The maximum absolute atomic E-state index is 5.08. The number of methoxy groups -OCH3 is 1. The van der Waals surface area contributed by atoms with Crippen molar-refractivity contribution >= 4 is 0 Å². The van der Waals surface area contributed by atoms with Crippen LogP contribution < -0.4 is 10.1 Å². The van der Waals surface area contributed by atoms with Gasteiger partial charge in [0.25, 0.3) is 0 Å². The lowest BCUT2D eigenvalue weighted by Gasteiger charge is -2.09. The van der Waals surface area contributed by atoms with Crippen LogP contribution in [0.3, 0.4) is 0 Å². The highest BCUT2D eigenvalue weighted by atomic mass is 16.5. The van der Waals surface area contributed by atoms with Crippen molar-refractivity contribution in [2.75, 3.05) is 7.11 Å². The number of nitrogens with one attached hydrogen (secondary N) is 1. The minimum absolute atomic E-state index is 0.345. The lowest BCUT2D eigenvalue weighted by molar-refractivity contribution is 0.414. The van der Waals surface area contributed by atoms with Crippen LogP contribution in [0.25, 0.3) is 0 Å². The zero-order valence-corrected chi connectivity index (χ0v) is 8.79. The summed E-state index contributed by atoms with van der Waals surface area (Å²) < 4.78 is 5.08. The average Bonchev–Trinajstić information content (AvgIpc) is 2.26. The van der Waals surface area contributed by atoms with Gasteiger partial charge in [0, 0.05) is 12.6 Å². The molecule has 76 valence electrons. The fourth-order valence-electron chi connectivity index (χ4n) is 1.11. The minimum atomic E-state index is 0.345. The molecule has 1 unspecified atom stereocenters. The van der Waals surface area contributed by atoms with Gasteiger partial charge < -0.3 is 10.1 Å². The standard InChI is InChI=1S/C12H17NO/c1-4-10(2)13-9-11-5-7-12(14-3)8-6-11/h4-8,10,13H,1,9H2,2-3H3. The number of benzene rings is 1. The number of rotatable bonds is 5. The molecule has 1 aromatic carbocycles. The smallest absolute Gasteiger partial charge is 0.118 e. The van der Waals surface area contributed by atoms with Crippen LogP contribution in [0.4, 0.5) is 0 Å². The van der Waals surface area contributed by atoms with Gasteiger partial charge in [0.05, 0.1) is 7.11 Å². The molecule has 0 spiro atoms. The van der Waals surface area contributed by atoms with Gasteiger partial charge in [-0.25, -0.2) is 0 Å². The van der Waals surface area contributed by atoms with E-state index in [0.29, 0.717) is 6.04 Å². The molecule has 2 nitrogen and oxygen atoms in total. The van der Waals surface area contributed by atoms with Gasteiger partial charge in [-0.1, -0.05) is 18.2 Å². The maximum atomic E-state index is 5.08. The molecule has 0 saturated heterocycles. The zero-order valence-electron chi connectivity index (χ0n) is 8.79. The Hall–Kier alpha value is -1.28. The van der Waals surface area contributed by atoms with Crippen molar-refractivity contribution in [3.63, 3.8) is 0 Å². The molecule has 0 radical (unpaired) electrons. The first-order chi connectivity index (χ1) is 6.76. The molecule has 0 amide bonds. The van der Waals surface area contributed by atoms with Crippen LogP contribution in [0.1, 0.15) is 12.5 Å². The molecule has 0 heterocycles. The summed E-state index contributed by atoms with van der Waals surface area (Å²) in [5.41, 5.74) is 1.25. The quantitative estimate of drug-likeness (QED) is 0.721. The molecule has 0 aliphatic heterocycles. The molecule has 2 heteroatoms. The topological polar surface area (TPSA) is 21.3 Å². The molecule has 1 aromatic rings. The Morgan fingerprint density at radius 3 is 2.57 bits per heavy atom. The van der Waals surface area contributed by atoms with E-state index in [1.54, 1.807) is 7.11 Å². The maximum Gasteiger partial charge on any atom is 0.118 e. The van der Waals surface area contributed by atoms with Gasteiger partial charge >= 0.3 is 0 Å².